The minimum absolute atomic E-state index is 0.0229. The molecule has 0 aromatic rings. The van der Waals surface area contributed by atoms with E-state index in [9.17, 15) is 14.4 Å². The number of likely N-dealkylation sites (tertiary alicyclic amines) is 2. The molecule has 6 heteroatoms. The van der Waals surface area contributed by atoms with Crippen LogP contribution in [-0.2, 0) is 19.1 Å². The third kappa shape index (κ3) is 3.99. The van der Waals surface area contributed by atoms with Gasteiger partial charge in [0.2, 0.25) is 11.8 Å². The summed E-state index contributed by atoms with van der Waals surface area (Å²) in [5.41, 5.74) is 0. The Morgan fingerprint density at radius 3 is 1.91 bits per heavy atom. The fraction of sp³-hybridized carbons (Fsp3) is 0.812. The van der Waals surface area contributed by atoms with Gasteiger partial charge in [0.1, 0.15) is 0 Å². The van der Waals surface area contributed by atoms with Crippen molar-refractivity contribution in [1.29, 1.82) is 0 Å². The number of hydrogen-bond acceptors (Lipinski definition) is 4. The minimum Gasteiger partial charge on any atom is -0.466 e. The number of esters is 1. The van der Waals surface area contributed by atoms with E-state index >= 15 is 0 Å². The van der Waals surface area contributed by atoms with Crippen molar-refractivity contribution in [2.75, 3.05) is 32.8 Å². The van der Waals surface area contributed by atoms with E-state index in [1.54, 1.807) is 11.8 Å². The summed E-state index contributed by atoms with van der Waals surface area (Å²) in [6.07, 6.45) is 2.88. The topological polar surface area (TPSA) is 66.9 Å². The average Bonchev–Trinajstić information content (AvgIpc) is 2.54. The van der Waals surface area contributed by atoms with Gasteiger partial charge in [-0.15, -0.1) is 0 Å². The number of hydrogen-bond donors (Lipinski definition) is 0. The number of carbonyl (C=O) groups excluding carboxylic acids is 3. The zero-order valence-electron chi connectivity index (χ0n) is 13.5. The number of ether oxygens (including phenoxy) is 1. The Bertz CT molecular complexity index is 422. The first kappa shape index (κ1) is 16.8. The molecule has 0 spiro atoms. The van der Waals surface area contributed by atoms with Crippen molar-refractivity contribution >= 4 is 17.8 Å². The molecule has 2 aliphatic rings. The smallest absolute Gasteiger partial charge is 0.309 e. The average molecular weight is 310 g/mol. The quantitative estimate of drug-likeness (QED) is 0.731. The maximum Gasteiger partial charge on any atom is 0.309 e. The molecule has 0 bridgehead atoms. The highest BCUT2D eigenvalue weighted by atomic mass is 16.5. The third-order valence-corrected chi connectivity index (χ3v) is 4.72. The Kier molecular flexibility index (Phi) is 5.80. The van der Waals surface area contributed by atoms with Gasteiger partial charge in [0.05, 0.1) is 12.5 Å². The summed E-state index contributed by atoms with van der Waals surface area (Å²) in [6, 6.07) is 0. The molecule has 2 fully saturated rings. The monoisotopic (exact) mass is 310 g/mol. The Morgan fingerprint density at radius 1 is 0.909 bits per heavy atom. The highest BCUT2D eigenvalue weighted by Gasteiger charge is 2.33. The van der Waals surface area contributed by atoms with Gasteiger partial charge < -0.3 is 14.5 Å². The van der Waals surface area contributed by atoms with Gasteiger partial charge >= 0.3 is 5.97 Å². The lowest BCUT2D eigenvalue weighted by Gasteiger charge is -2.36. The second kappa shape index (κ2) is 7.61. The summed E-state index contributed by atoms with van der Waals surface area (Å²) in [5, 5.41) is 0. The molecule has 6 nitrogen and oxygen atoms in total. The molecule has 0 aromatic heterocycles. The fourth-order valence-electron chi connectivity index (χ4n) is 3.30. The molecule has 0 aromatic carbocycles. The number of piperidine rings is 2. The summed E-state index contributed by atoms with van der Waals surface area (Å²) in [6.45, 7) is 6.40. The van der Waals surface area contributed by atoms with Crippen molar-refractivity contribution in [2.24, 2.45) is 11.8 Å². The summed E-state index contributed by atoms with van der Waals surface area (Å²) in [5.74, 6) is 0.0920. The van der Waals surface area contributed by atoms with Crippen LogP contribution < -0.4 is 0 Å². The molecule has 0 atom stereocenters. The lowest BCUT2D eigenvalue weighted by Crippen LogP contribution is -2.47. The molecule has 0 unspecified atom stereocenters. The van der Waals surface area contributed by atoms with E-state index < -0.39 is 0 Å². The van der Waals surface area contributed by atoms with Crippen LogP contribution in [0, 0.1) is 11.8 Å². The Balaban J connectivity index is 1.78. The lowest BCUT2D eigenvalue weighted by atomic mass is 9.92. The lowest BCUT2D eigenvalue weighted by molar-refractivity contribution is -0.152. The van der Waals surface area contributed by atoms with E-state index in [1.807, 2.05) is 11.8 Å². The van der Waals surface area contributed by atoms with Crippen molar-refractivity contribution in [1.82, 2.24) is 9.80 Å². The van der Waals surface area contributed by atoms with Gasteiger partial charge in [-0.1, -0.05) is 0 Å². The third-order valence-electron chi connectivity index (χ3n) is 4.72. The molecule has 0 radical (unpaired) electrons. The van der Waals surface area contributed by atoms with Gasteiger partial charge in [-0.05, 0) is 32.6 Å². The van der Waals surface area contributed by atoms with Crippen molar-refractivity contribution in [3.8, 4) is 0 Å². The molecule has 124 valence electrons. The first-order valence-corrected chi connectivity index (χ1v) is 8.23. The van der Waals surface area contributed by atoms with Crippen LogP contribution in [-0.4, -0.2) is 60.4 Å². The largest absolute Gasteiger partial charge is 0.466 e. The van der Waals surface area contributed by atoms with E-state index in [0.29, 0.717) is 45.6 Å². The van der Waals surface area contributed by atoms with Crippen LogP contribution in [0.2, 0.25) is 0 Å². The van der Waals surface area contributed by atoms with Crippen LogP contribution in [0.25, 0.3) is 0 Å². The van der Waals surface area contributed by atoms with Gasteiger partial charge in [-0.2, -0.15) is 0 Å². The number of rotatable bonds is 3. The molecule has 0 N–H and O–H groups in total. The van der Waals surface area contributed by atoms with Crippen molar-refractivity contribution in [3.05, 3.63) is 0 Å². The second-order valence-electron chi connectivity index (χ2n) is 6.13. The maximum atomic E-state index is 12.5. The van der Waals surface area contributed by atoms with Crippen LogP contribution in [0.15, 0.2) is 0 Å². The molecule has 0 aliphatic carbocycles. The summed E-state index contributed by atoms with van der Waals surface area (Å²) in [4.78, 5) is 39.2. The van der Waals surface area contributed by atoms with E-state index in [0.717, 1.165) is 12.8 Å². The predicted molar refractivity (Wildman–Crippen MR) is 80.9 cm³/mol. The van der Waals surface area contributed by atoms with Gasteiger partial charge in [-0.25, -0.2) is 0 Å². The Morgan fingerprint density at radius 2 is 1.41 bits per heavy atom. The van der Waals surface area contributed by atoms with Gasteiger partial charge in [0, 0.05) is 39.0 Å². The Labute approximate surface area is 131 Å². The predicted octanol–water partition coefficient (Wildman–Crippen LogP) is 1.05. The zero-order valence-corrected chi connectivity index (χ0v) is 13.5. The second-order valence-corrected chi connectivity index (χ2v) is 6.13. The van der Waals surface area contributed by atoms with E-state index in [4.69, 9.17) is 4.74 Å². The van der Waals surface area contributed by atoms with Crippen molar-refractivity contribution in [2.45, 2.75) is 39.5 Å². The normalized spacial score (nSPS) is 20.8. The maximum absolute atomic E-state index is 12.5. The molecular formula is C16H26N2O4. The van der Waals surface area contributed by atoms with Crippen LogP contribution in [0.1, 0.15) is 39.5 Å². The number of nitrogens with zero attached hydrogens (tertiary/aromatic N) is 2. The highest BCUT2D eigenvalue weighted by Crippen LogP contribution is 2.24. The SMILES string of the molecule is CCOC(=O)C1CCN(C(=O)C2CCN(C(C)=O)CC2)CC1. The van der Waals surface area contributed by atoms with E-state index in [1.165, 1.54) is 0 Å². The number of amides is 2. The molecule has 2 rings (SSSR count). The van der Waals surface area contributed by atoms with E-state index in [2.05, 4.69) is 0 Å². The minimum atomic E-state index is -0.135. The molecule has 2 aliphatic heterocycles. The molecule has 2 saturated heterocycles. The fourth-order valence-corrected chi connectivity index (χ4v) is 3.30. The van der Waals surface area contributed by atoms with Crippen molar-refractivity contribution in [3.63, 3.8) is 0 Å². The molecule has 22 heavy (non-hydrogen) atoms. The Hall–Kier alpha value is -1.59. The van der Waals surface area contributed by atoms with Crippen LogP contribution in [0.4, 0.5) is 0 Å². The molecule has 0 saturated carbocycles. The van der Waals surface area contributed by atoms with Crippen LogP contribution >= 0.6 is 0 Å². The van der Waals surface area contributed by atoms with Crippen LogP contribution in [0.3, 0.4) is 0 Å². The zero-order chi connectivity index (χ0) is 16.1. The standard InChI is InChI=1S/C16H26N2O4/c1-3-22-16(21)14-6-10-18(11-7-14)15(20)13-4-8-17(9-5-13)12(2)19/h13-14H,3-11H2,1-2H3. The summed E-state index contributed by atoms with van der Waals surface area (Å²) < 4.78 is 5.05. The van der Waals surface area contributed by atoms with Gasteiger partial charge in [0.15, 0.2) is 0 Å². The molecular weight excluding hydrogens is 284 g/mol. The summed E-state index contributed by atoms with van der Waals surface area (Å²) in [7, 11) is 0. The summed E-state index contributed by atoms with van der Waals surface area (Å²) >= 11 is 0. The number of carbonyl (C=O) groups is 3. The van der Waals surface area contributed by atoms with Crippen molar-refractivity contribution < 1.29 is 19.1 Å². The highest BCUT2D eigenvalue weighted by molar-refractivity contribution is 5.80. The van der Waals surface area contributed by atoms with Gasteiger partial charge in [-0.3, -0.25) is 14.4 Å². The first-order chi connectivity index (χ1) is 10.5. The van der Waals surface area contributed by atoms with Gasteiger partial charge in [0.25, 0.3) is 0 Å². The first-order valence-electron chi connectivity index (χ1n) is 8.23. The molecule has 2 heterocycles. The molecule has 2 amide bonds. The van der Waals surface area contributed by atoms with E-state index in [-0.39, 0.29) is 29.6 Å². The van der Waals surface area contributed by atoms with Crippen LogP contribution in [0.5, 0.6) is 0 Å².